The number of fused-ring (bicyclic) bond motifs is 1. The van der Waals surface area contributed by atoms with Crippen molar-refractivity contribution >= 4 is 41.4 Å². The van der Waals surface area contributed by atoms with E-state index in [1.807, 2.05) is 13.0 Å². The molecule has 0 saturated heterocycles. The number of methoxy groups -OCH3 is 1. The van der Waals surface area contributed by atoms with Crippen LogP contribution in [0.3, 0.4) is 0 Å². The minimum atomic E-state index is -1.08. The highest BCUT2D eigenvalue weighted by molar-refractivity contribution is 5.96. The molecule has 0 fully saturated rings. The molecule has 13 heteroatoms. The summed E-state index contributed by atoms with van der Waals surface area (Å²) in [5.74, 6) is -2.93. The number of hydrogen-bond acceptors (Lipinski definition) is 7. The fourth-order valence-corrected chi connectivity index (χ4v) is 4.46. The van der Waals surface area contributed by atoms with Gasteiger partial charge in [-0.2, -0.15) is 4.39 Å². The third-order valence-corrected chi connectivity index (χ3v) is 6.56. The number of nitrogens with one attached hydrogen (secondary N) is 3. The van der Waals surface area contributed by atoms with Crippen LogP contribution in [0.5, 0.6) is 5.75 Å². The van der Waals surface area contributed by atoms with Crippen LogP contribution in [-0.4, -0.2) is 58.1 Å². The Morgan fingerprint density at radius 2 is 1.83 bits per heavy atom. The number of carboxylic acids is 1. The number of amides is 1. The second-order valence-electron chi connectivity index (χ2n) is 9.29. The molecular weight excluding hydrogens is 570 g/mol. The van der Waals surface area contributed by atoms with Gasteiger partial charge in [0.05, 0.1) is 25.5 Å². The van der Waals surface area contributed by atoms with E-state index in [0.717, 1.165) is 24.8 Å². The van der Waals surface area contributed by atoms with Crippen molar-refractivity contribution in [1.29, 1.82) is 0 Å². The number of imidazole rings is 1. The summed E-state index contributed by atoms with van der Waals surface area (Å²) in [4.78, 5) is 32.1. The highest BCUT2D eigenvalue weighted by atomic mass is 35.5. The van der Waals surface area contributed by atoms with E-state index >= 15 is 0 Å². The van der Waals surface area contributed by atoms with Gasteiger partial charge in [-0.25, -0.2) is 14.4 Å². The summed E-state index contributed by atoms with van der Waals surface area (Å²) in [5, 5.41) is 17.6. The Kier molecular flexibility index (Phi) is 11.6. The van der Waals surface area contributed by atoms with Gasteiger partial charge in [0.15, 0.2) is 23.0 Å². The molecule has 2 aromatic heterocycles. The van der Waals surface area contributed by atoms with Crippen molar-refractivity contribution in [2.24, 2.45) is 0 Å². The number of nitrogens with zero attached hydrogens (tertiary/aromatic N) is 3. The van der Waals surface area contributed by atoms with Gasteiger partial charge in [0.1, 0.15) is 0 Å². The maximum Gasteiger partial charge on any atom is 0.317 e. The van der Waals surface area contributed by atoms with Crippen molar-refractivity contribution in [2.45, 2.75) is 32.6 Å². The molecule has 4 rings (SSSR count). The van der Waals surface area contributed by atoms with Gasteiger partial charge in [-0.05, 0) is 61.7 Å². The van der Waals surface area contributed by atoms with Crippen molar-refractivity contribution in [2.75, 3.05) is 32.1 Å². The summed E-state index contributed by atoms with van der Waals surface area (Å²) in [6.07, 6.45) is 7.70. The number of anilines is 2. The van der Waals surface area contributed by atoms with E-state index in [1.54, 1.807) is 22.7 Å². The maximum absolute atomic E-state index is 14.8. The first kappa shape index (κ1) is 32.2. The molecule has 10 nitrogen and oxygen atoms in total. The number of benzene rings is 2. The number of halogens is 3. The summed E-state index contributed by atoms with van der Waals surface area (Å²) in [6.45, 7) is 3.05. The third-order valence-electron chi connectivity index (χ3n) is 6.56. The smallest absolute Gasteiger partial charge is 0.317 e. The quantitative estimate of drug-likeness (QED) is 0.149. The Labute approximate surface area is 247 Å². The van der Waals surface area contributed by atoms with E-state index in [-0.39, 0.29) is 36.2 Å². The van der Waals surface area contributed by atoms with Crippen LogP contribution in [0.2, 0.25) is 0 Å². The Morgan fingerprint density at radius 1 is 1.05 bits per heavy atom. The molecule has 0 radical (unpaired) electrons. The summed E-state index contributed by atoms with van der Waals surface area (Å²) >= 11 is 0. The molecule has 4 N–H and O–H groups in total. The lowest BCUT2D eigenvalue weighted by molar-refractivity contribution is -0.135. The van der Waals surface area contributed by atoms with Crippen molar-refractivity contribution in [3.05, 3.63) is 71.7 Å². The SMILES string of the molecule is CCc1cc(Nc2nccn3c(-c4ccc(OC)c(F)c4F)cnc23)ccc1C(=O)NCCCCCNCC(=O)O.Cl. The first-order valence-electron chi connectivity index (χ1n) is 13.3. The topological polar surface area (TPSA) is 130 Å². The van der Waals surface area contributed by atoms with E-state index < -0.39 is 17.6 Å². The monoisotopic (exact) mass is 602 g/mol. The molecule has 0 aliphatic carbocycles. The Morgan fingerprint density at radius 3 is 2.57 bits per heavy atom. The summed E-state index contributed by atoms with van der Waals surface area (Å²) in [5.41, 5.74) is 2.91. The van der Waals surface area contributed by atoms with E-state index in [9.17, 15) is 18.4 Å². The number of hydrogen-bond donors (Lipinski definition) is 4. The summed E-state index contributed by atoms with van der Waals surface area (Å²) in [7, 11) is 1.27. The lowest BCUT2D eigenvalue weighted by atomic mass is 10.0. The number of ether oxygens (including phenoxy) is 1. The van der Waals surface area contributed by atoms with E-state index in [0.29, 0.717) is 47.9 Å². The highest BCUT2D eigenvalue weighted by Gasteiger charge is 2.19. The lowest BCUT2D eigenvalue weighted by Gasteiger charge is -2.13. The van der Waals surface area contributed by atoms with Crippen molar-refractivity contribution in [3.63, 3.8) is 0 Å². The van der Waals surface area contributed by atoms with Crippen LogP contribution in [0.25, 0.3) is 16.9 Å². The van der Waals surface area contributed by atoms with Gasteiger partial charge in [0, 0.05) is 35.8 Å². The fraction of sp³-hybridized carbons (Fsp3) is 0.310. The molecule has 224 valence electrons. The van der Waals surface area contributed by atoms with Gasteiger partial charge in [-0.1, -0.05) is 13.3 Å². The standard InChI is InChI=1S/C29H32F2N6O4.ClH/c1-3-18-15-19(7-8-20(18)29(40)34-12-6-4-5-11-32-17-24(38)39)36-27-28-35-16-22(37(28)14-13-33-27)21-9-10-23(41-2)26(31)25(21)30;/h7-10,13-16,32H,3-6,11-12,17H2,1-2H3,(H,33,36)(H,34,40)(H,38,39);1H. The largest absolute Gasteiger partial charge is 0.494 e. The van der Waals surface area contributed by atoms with Gasteiger partial charge in [-0.15, -0.1) is 12.4 Å². The molecule has 0 unspecified atom stereocenters. The Bertz CT molecular complexity index is 1550. The van der Waals surface area contributed by atoms with Gasteiger partial charge in [0.25, 0.3) is 5.91 Å². The van der Waals surface area contributed by atoms with Crippen molar-refractivity contribution < 1.29 is 28.2 Å². The first-order chi connectivity index (χ1) is 19.8. The highest BCUT2D eigenvalue weighted by Crippen LogP contribution is 2.31. The van der Waals surface area contributed by atoms with Crippen LogP contribution in [0.15, 0.2) is 48.9 Å². The molecule has 42 heavy (non-hydrogen) atoms. The molecule has 0 atom stereocenters. The van der Waals surface area contributed by atoms with Gasteiger partial charge >= 0.3 is 5.97 Å². The lowest BCUT2D eigenvalue weighted by Crippen LogP contribution is -2.26. The second-order valence-corrected chi connectivity index (χ2v) is 9.29. The minimum Gasteiger partial charge on any atom is -0.494 e. The van der Waals surface area contributed by atoms with Crippen LogP contribution >= 0.6 is 12.4 Å². The predicted octanol–water partition coefficient (Wildman–Crippen LogP) is 4.99. The number of aliphatic carboxylic acids is 1. The average molecular weight is 603 g/mol. The molecule has 0 aliphatic rings. The van der Waals surface area contributed by atoms with Gasteiger partial charge in [0.2, 0.25) is 5.82 Å². The Hall–Kier alpha value is -4.29. The molecule has 0 saturated carbocycles. The van der Waals surface area contributed by atoms with Crippen molar-refractivity contribution in [1.82, 2.24) is 25.0 Å². The molecule has 0 bridgehead atoms. The zero-order valence-corrected chi connectivity index (χ0v) is 24.1. The maximum atomic E-state index is 14.8. The number of rotatable bonds is 14. The first-order valence-corrected chi connectivity index (χ1v) is 13.3. The number of carbonyl (C=O) groups is 2. The minimum absolute atomic E-state index is 0. The molecule has 2 heterocycles. The number of aryl methyl sites for hydroxylation is 1. The third kappa shape index (κ3) is 7.51. The van der Waals surface area contributed by atoms with E-state index in [4.69, 9.17) is 9.84 Å². The molecule has 0 aliphatic heterocycles. The molecule has 1 amide bonds. The van der Waals surface area contributed by atoms with Crippen LogP contribution in [0.4, 0.5) is 20.3 Å². The zero-order chi connectivity index (χ0) is 29.4. The number of unbranched alkanes of at least 4 members (excludes halogenated alkanes) is 2. The van der Waals surface area contributed by atoms with E-state index in [1.165, 1.54) is 31.6 Å². The van der Waals surface area contributed by atoms with Gasteiger partial charge < -0.3 is 25.8 Å². The zero-order valence-electron chi connectivity index (χ0n) is 23.2. The predicted molar refractivity (Wildman–Crippen MR) is 158 cm³/mol. The number of aromatic nitrogens is 3. The van der Waals surface area contributed by atoms with Crippen LogP contribution < -0.4 is 20.7 Å². The Balaban J connectivity index is 0.00000484. The van der Waals surface area contributed by atoms with E-state index in [2.05, 4.69) is 25.9 Å². The summed E-state index contributed by atoms with van der Waals surface area (Å²) < 4.78 is 35.6. The summed E-state index contributed by atoms with van der Waals surface area (Å²) in [6, 6.07) is 8.19. The second kappa shape index (κ2) is 15.1. The van der Waals surface area contributed by atoms with Crippen molar-refractivity contribution in [3.8, 4) is 17.0 Å². The number of carboxylic acid groups (broad SMARTS) is 1. The van der Waals surface area contributed by atoms with Crippen LogP contribution in [0.1, 0.15) is 42.1 Å². The number of carbonyl (C=O) groups excluding carboxylic acids is 1. The molecule has 0 spiro atoms. The van der Waals surface area contributed by atoms with Crippen LogP contribution in [-0.2, 0) is 11.2 Å². The normalized spacial score (nSPS) is 10.8. The molecule has 2 aromatic carbocycles. The molecule has 4 aromatic rings. The van der Waals surface area contributed by atoms with Gasteiger partial charge in [-0.3, -0.25) is 14.0 Å². The fourth-order valence-electron chi connectivity index (χ4n) is 4.46. The average Bonchev–Trinajstić information content (AvgIpc) is 3.40. The van der Waals surface area contributed by atoms with Crippen LogP contribution in [0, 0.1) is 11.6 Å². The molecular formula is C29H33ClF2N6O4.